The van der Waals surface area contributed by atoms with E-state index >= 15 is 0 Å². The summed E-state index contributed by atoms with van der Waals surface area (Å²) in [7, 11) is 0. The van der Waals surface area contributed by atoms with Gasteiger partial charge in [0.05, 0.1) is 6.07 Å². The molecule has 0 aliphatic heterocycles. The molecule has 0 saturated heterocycles. The zero-order valence-corrected chi connectivity index (χ0v) is 7.39. The fraction of sp³-hybridized carbons (Fsp3) is 0.714. The Morgan fingerprint density at radius 2 is 2.21 bits per heavy atom. The number of halogens is 3. The Bertz CT molecular complexity index is 234. The van der Waals surface area contributed by atoms with Gasteiger partial charge in [0.1, 0.15) is 5.92 Å². The minimum absolute atomic E-state index is 0.220. The molecule has 7 heteroatoms. The SMILES string of the molecule is CCC(C#N)C(=O)NOCC(F)(F)F. The maximum absolute atomic E-state index is 11.5. The van der Waals surface area contributed by atoms with Crippen LogP contribution in [0.3, 0.4) is 0 Å². The fourth-order valence-corrected chi connectivity index (χ4v) is 0.595. The quantitative estimate of drug-likeness (QED) is 0.708. The molecule has 14 heavy (non-hydrogen) atoms. The van der Waals surface area contributed by atoms with Crippen molar-refractivity contribution < 1.29 is 22.8 Å². The molecule has 0 fully saturated rings. The Morgan fingerprint density at radius 3 is 2.57 bits per heavy atom. The van der Waals surface area contributed by atoms with Crippen molar-refractivity contribution in [1.82, 2.24) is 5.48 Å². The fourth-order valence-electron chi connectivity index (χ4n) is 0.595. The highest BCUT2D eigenvalue weighted by Gasteiger charge is 2.28. The molecule has 0 saturated carbocycles. The Balaban J connectivity index is 3.81. The summed E-state index contributed by atoms with van der Waals surface area (Å²) < 4.78 is 34.6. The molecular weight excluding hydrogens is 201 g/mol. The predicted octanol–water partition coefficient (Wildman–Crippen LogP) is 1.15. The molecule has 1 amide bonds. The molecule has 0 heterocycles. The van der Waals surface area contributed by atoms with Crippen LogP contribution >= 0.6 is 0 Å². The number of nitrogens with one attached hydrogen (secondary N) is 1. The molecule has 80 valence electrons. The second-order valence-electron chi connectivity index (χ2n) is 2.46. The number of carbonyl (C=O) groups is 1. The number of hydrogen-bond acceptors (Lipinski definition) is 3. The molecule has 0 aliphatic rings. The lowest BCUT2D eigenvalue weighted by Crippen LogP contribution is -2.33. The number of amides is 1. The van der Waals surface area contributed by atoms with E-state index < -0.39 is 24.6 Å². The number of carbonyl (C=O) groups excluding carboxylic acids is 1. The van der Waals surface area contributed by atoms with Crippen molar-refractivity contribution >= 4 is 5.91 Å². The van der Waals surface area contributed by atoms with Crippen molar-refractivity contribution in [1.29, 1.82) is 5.26 Å². The summed E-state index contributed by atoms with van der Waals surface area (Å²) in [5.41, 5.74) is 1.56. The summed E-state index contributed by atoms with van der Waals surface area (Å²) in [5.74, 6) is -1.84. The van der Waals surface area contributed by atoms with Gasteiger partial charge in [-0.25, -0.2) is 5.48 Å². The van der Waals surface area contributed by atoms with Crippen molar-refractivity contribution in [3.63, 3.8) is 0 Å². The van der Waals surface area contributed by atoms with E-state index in [1.54, 1.807) is 18.5 Å². The largest absolute Gasteiger partial charge is 0.414 e. The Kier molecular flexibility index (Phi) is 4.94. The first-order valence-electron chi connectivity index (χ1n) is 3.78. The lowest BCUT2D eigenvalue weighted by Gasteiger charge is -2.09. The van der Waals surface area contributed by atoms with Crippen LogP contribution in [-0.4, -0.2) is 18.7 Å². The molecule has 0 radical (unpaired) electrons. The molecule has 4 nitrogen and oxygen atoms in total. The van der Waals surface area contributed by atoms with Crippen molar-refractivity contribution in [2.24, 2.45) is 5.92 Å². The van der Waals surface area contributed by atoms with Crippen LogP contribution in [0.2, 0.25) is 0 Å². The Hall–Kier alpha value is -1.29. The monoisotopic (exact) mass is 210 g/mol. The highest BCUT2D eigenvalue weighted by Crippen LogP contribution is 2.13. The average Bonchev–Trinajstić information content (AvgIpc) is 2.04. The van der Waals surface area contributed by atoms with Crippen LogP contribution in [0.25, 0.3) is 0 Å². The highest BCUT2D eigenvalue weighted by atomic mass is 19.4. The maximum Gasteiger partial charge on any atom is 0.414 e. The summed E-state index contributed by atoms with van der Waals surface area (Å²) in [5, 5.41) is 8.37. The van der Waals surface area contributed by atoms with E-state index in [1.165, 1.54) is 0 Å². The summed E-state index contributed by atoms with van der Waals surface area (Å²) in [6, 6.07) is 1.63. The number of hydroxylamine groups is 1. The molecule has 0 spiro atoms. The molecule has 0 bridgehead atoms. The van der Waals surface area contributed by atoms with E-state index in [1.807, 2.05) is 0 Å². The van der Waals surface area contributed by atoms with Gasteiger partial charge in [0.2, 0.25) is 0 Å². The van der Waals surface area contributed by atoms with Gasteiger partial charge in [-0.15, -0.1) is 0 Å². The number of nitriles is 1. The van der Waals surface area contributed by atoms with Crippen LogP contribution in [0.5, 0.6) is 0 Å². The molecule has 0 aliphatic carbocycles. The lowest BCUT2D eigenvalue weighted by atomic mass is 10.1. The third-order valence-corrected chi connectivity index (χ3v) is 1.29. The molecule has 1 unspecified atom stereocenters. The third kappa shape index (κ3) is 5.37. The molecule has 0 rings (SSSR count). The second kappa shape index (κ2) is 5.44. The normalized spacial score (nSPS) is 13.1. The first-order chi connectivity index (χ1) is 6.40. The van der Waals surface area contributed by atoms with Crippen molar-refractivity contribution in [2.45, 2.75) is 19.5 Å². The smallest absolute Gasteiger partial charge is 0.271 e. The Morgan fingerprint density at radius 1 is 1.64 bits per heavy atom. The van der Waals surface area contributed by atoms with E-state index in [2.05, 4.69) is 4.84 Å². The third-order valence-electron chi connectivity index (χ3n) is 1.29. The molecule has 0 aromatic rings. The minimum atomic E-state index is -4.50. The van der Waals surface area contributed by atoms with E-state index in [4.69, 9.17) is 5.26 Å². The number of nitrogens with zero attached hydrogens (tertiary/aromatic N) is 1. The van der Waals surface area contributed by atoms with Gasteiger partial charge in [0.25, 0.3) is 5.91 Å². The summed E-state index contributed by atoms with van der Waals surface area (Å²) >= 11 is 0. The second-order valence-corrected chi connectivity index (χ2v) is 2.46. The van der Waals surface area contributed by atoms with Crippen LogP contribution in [0.4, 0.5) is 13.2 Å². The van der Waals surface area contributed by atoms with Crippen molar-refractivity contribution in [2.75, 3.05) is 6.61 Å². The van der Waals surface area contributed by atoms with Crippen LogP contribution < -0.4 is 5.48 Å². The first kappa shape index (κ1) is 12.7. The molecule has 1 atom stereocenters. The van der Waals surface area contributed by atoms with Crippen LogP contribution in [-0.2, 0) is 9.63 Å². The van der Waals surface area contributed by atoms with E-state index in [0.717, 1.165) is 0 Å². The first-order valence-corrected chi connectivity index (χ1v) is 3.78. The summed E-state index contributed by atoms with van der Waals surface area (Å²) in [6.45, 7) is -0.00216. The predicted molar refractivity (Wildman–Crippen MR) is 39.5 cm³/mol. The van der Waals surface area contributed by atoms with Gasteiger partial charge in [-0.05, 0) is 6.42 Å². The maximum atomic E-state index is 11.5. The van der Waals surface area contributed by atoms with Gasteiger partial charge in [0.15, 0.2) is 6.61 Å². The topological polar surface area (TPSA) is 62.1 Å². The number of alkyl halides is 3. The number of rotatable bonds is 4. The summed E-state index contributed by atoms with van der Waals surface area (Å²) in [6.07, 6.45) is -4.28. The van der Waals surface area contributed by atoms with Crippen molar-refractivity contribution in [3.8, 4) is 6.07 Å². The van der Waals surface area contributed by atoms with Gasteiger partial charge >= 0.3 is 6.18 Å². The van der Waals surface area contributed by atoms with Crippen LogP contribution in [0.1, 0.15) is 13.3 Å². The molecule has 0 aromatic carbocycles. The zero-order valence-electron chi connectivity index (χ0n) is 7.39. The molecule has 0 aromatic heterocycles. The average molecular weight is 210 g/mol. The molecule has 1 N–H and O–H groups in total. The van der Waals surface area contributed by atoms with Gasteiger partial charge in [0, 0.05) is 0 Å². The summed E-state index contributed by atoms with van der Waals surface area (Å²) in [4.78, 5) is 14.7. The van der Waals surface area contributed by atoms with E-state index in [9.17, 15) is 18.0 Å². The number of hydrogen-bond donors (Lipinski definition) is 1. The Labute approximate surface area is 78.6 Å². The minimum Gasteiger partial charge on any atom is -0.271 e. The van der Waals surface area contributed by atoms with Crippen LogP contribution in [0.15, 0.2) is 0 Å². The highest BCUT2D eigenvalue weighted by molar-refractivity contribution is 5.79. The van der Waals surface area contributed by atoms with E-state index in [-0.39, 0.29) is 6.42 Å². The van der Waals surface area contributed by atoms with Gasteiger partial charge in [-0.1, -0.05) is 6.92 Å². The van der Waals surface area contributed by atoms with Crippen LogP contribution in [0, 0.1) is 17.2 Å². The molecular formula is C7H9F3N2O2. The van der Waals surface area contributed by atoms with Gasteiger partial charge in [-0.2, -0.15) is 18.4 Å². The standard InChI is InChI=1S/C7H9F3N2O2/c1-2-5(3-11)6(13)12-14-4-7(8,9)10/h5H,2,4H2,1H3,(H,12,13). The van der Waals surface area contributed by atoms with Gasteiger partial charge < -0.3 is 0 Å². The van der Waals surface area contributed by atoms with Gasteiger partial charge in [-0.3, -0.25) is 9.63 Å². The van der Waals surface area contributed by atoms with E-state index in [0.29, 0.717) is 0 Å². The lowest BCUT2D eigenvalue weighted by molar-refractivity contribution is -0.192. The zero-order chi connectivity index (χ0) is 11.2. The van der Waals surface area contributed by atoms with Crippen molar-refractivity contribution in [3.05, 3.63) is 0 Å².